The van der Waals surface area contributed by atoms with Crippen LogP contribution in [0, 0.1) is 6.92 Å². The van der Waals surface area contributed by atoms with Gasteiger partial charge in [0.25, 0.3) is 0 Å². The predicted octanol–water partition coefficient (Wildman–Crippen LogP) is 2.75. The van der Waals surface area contributed by atoms with Gasteiger partial charge in [0, 0.05) is 6.07 Å². The van der Waals surface area contributed by atoms with Gasteiger partial charge in [-0.3, -0.25) is 0 Å². The number of phenolic OH excluding ortho intramolecular Hbond substituents is 2. The monoisotopic (exact) mass is 180 g/mol. The molecule has 72 valence electrons. The Morgan fingerprint density at radius 1 is 1.23 bits per heavy atom. The van der Waals surface area contributed by atoms with Gasteiger partial charge in [-0.2, -0.15) is 0 Å². The highest BCUT2D eigenvalue weighted by molar-refractivity contribution is 5.44. The van der Waals surface area contributed by atoms with Crippen LogP contribution in [0.4, 0.5) is 0 Å². The number of unbranched alkanes of at least 4 members (excludes halogenated alkanes) is 1. The van der Waals surface area contributed by atoms with Gasteiger partial charge in [0.15, 0.2) is 0 Å². The molecule has 1 rings (SSSR count). The molecule has 0 unspecified atom stereocenters. The Morgan fingerprint density at radius 2 is 1.92 bits per heavy atom. The first-order chi connectivity index (χ1) is 6.15. The number of aromatic hydroxyl groups is 2. The van der Waals surface area contributed by atoms with Gasteiger partial charge in [-0.05, 0) is 37.0 Å². The maximum Gasteiger partial charge on any atom is 0.122 e. The molecule has 0 atom stereocenters. The smallest absolute Gasteiger partial charge is 0.122 e. The van der Waals surface area contributed by atoms with Gasteiger partial charge < -0.3 is 10.2 Å². The topological polar surface area (TPSA) is 40.5 Å². The van der Waals surface area contributed by atoms with Crippen molar-refractivity contribution in [3.05, 3.63) is 23.3 Å². The van der Waals surface area contributed by atoms with Gasteiger partial charge in [0.05, 0.1) is 0 Å². The van der Waals surface area contributed by atoms with Crippen molar-refractivity contribution in [3.63, 3.8) is 0 Å². The second-order valence-corrected chi connectivity index (χ2v) is 3.35. The molecule has 0 spiro atoms. The number of benzene rings is 1. The molecule has 1 aromatic rings. The van der Waals surface area contributed by atoms with Crippen LogP contribution in [-0.4, -0.2) is 10.2 Å². The molecule has 0 aliphatic rings. The van der Waals surface area contributed by atoms with Crippen LogP contribution >= 0.6 is 0 Å². The van der Waals surface area contributed by atoms with Crippen LogP contribution in [-0.2, 0) is 6.42 Å². The van der Waals surface area contributed by atoms with Crippen molar-refractivity contribution in [2.75, 3.05) is 0 Å². The van der Waals surface area contributed by atoms with E-state index in [9.17, 15) is 10.2 Å². The molecule has 0 radical (unpaired) electrons. The van der Waals surface area contributed by atoms with Crippen molar-refractivity contribution in [1.82, 2.24) is 0 Å². The summed E-state index contributed by atoms with van der Waals surface area (Å²) >= 11 is 0. The summed E-state index contributed by atoms with van der Waals surface area (Å²) in [5.74, 6) is 0.334. The fourth-order valence-electron chi connectivity index (χ4n) is 1.37. The third-order valence-electron chi connectivity index (χ3n) is 2.27. The van der Waals surface area contributed by atoms with Crippen molar-refractivity contribution < 1.29 is 10.2 Å². The summed E-state index contributed by atoms with van der Waals surface area (Å²) < 4.78 is 0. The van der Waals surface area contributed by atoms with E-state index in [2.05, 4.69) is 6.92 Å². The summed E-state index contributed by atoms with van der Waals surface area (Å²) in [6.45, 7) is 4.00. The van der Waals surface area contributed by atoms with E-state index < -0.39 is 0 Å². The van der Waals surface area contributed by atoms with Crippen LogP contribution in [0.15, 0.2) is 12.1 Å². The third-order valence-corrected chi connectivity index (χ3v) is 2.27. The quantitative estimate of drug-likeness (QED) is 0.750. The average Bonchev–Trinajstić information content (AvgIpc) is 2.09. The minimum atomic E-state index is 0.147. The second-order valence-electron chi connectivity index (χ2n) is 3.35. The highest BCUT2D eigenvalue weighted by atomic mass is 16.3. The first-order valence-electron chi connectivity index (χ1n) is 4.66. The molecule has 0 aliphatic heterocycles. The largest absolute Gasteiger partial charge is 0.508 e. The zero-order valence-electron chi connectivity index (χ0n) is 8.17. The maximum absolute atomic E-state index is 9.42. The number of aryl methyl sites for hydroxylation is 1. The normalized spacial score (nSPS) is 10.3. The lowest BCUT2D eigenvalue weighted by molar-refractivity contribution is 0.446. The van der Waals surface area contributed by atoms with Gasteiger partial charge in [-0.1, -0.05) is 13.3 Å². The zero-order valence-corrected chi connectivity index (χ0v) is 8.17. The van der Waals surface area contributed by atoms with Gasteiger partial charge in [0.2, 0.25) is 0 Å². The molecule has 0 bridgehead atoms. The third kappa shape index (κ3) is 2.38. The molecule has 1 aromatic carbocycles. The number of rotatable bonds is 3. The molecule has 0 saturated carbocycles. The Morgan fingerprint density at radius 3 is 2.54 bits per heavy atom. The summed E-state index contributed by atoms with van der Waals surface area (Å²) in [5, 5.41) is 18.7. The average molecular weight is 180 g/mol. The summed E-state index contributed by atoms with van der Waals surface area (Å²) in [4.78, 5) is 0. The van der Waals surface area contributed by atoms with Crippen molar-refractivity contribution in [1.29, 1.82) is 0 Å². The van der Waals surface area contributed by atoms with Crippen molar-refractivity contribution >= 4 is 0 Å². The van der Waals surface area contributed by atoms with Gasteiger partial charge in [-0.25, -0.2) is 0 Å². The first-order valence-corrected chi connectivity index (χ1v) is 4.66. The van der Waals surface area contributed by atoms with E-state index in [1.54, 1.807) is 6.07 Å². The molecule has 2 heteroatoms. The Bertz CT molecular complexity index is 292. The number of phenols is 2. The SMILES string of the molecule is CCCCc1cc(O)cc(O)c1C. The molecular weight excluding hydrogens is 164 g/mol. The molecular formula is C11H16O2. The highest BCUT2D eigenvalue weighted by Crippen LogP contribution is 2.27. The standard InChI is InChI=1S/C11H16O2/c1-3-4-5-9-6-10(12)7-11(13)8(9)2/h6-7,12-13H,3-5H2,1-2H3. The van der Waals surface area contributed by atoms with E-state index in [-0.39, 0.29) is 11.5 Å². The summed E-state index contributed by atoms with van der Waals surface area (Å²) in [7, 11) is 0. The fourth-order valence-corrected chi connectivity index (χ4v) is 1.37. The molecule has 0 fully saturated rings. The lowest BCUT2D eigenvalue weighted by Gasteiger charge is -2.07. The number of hydrogen-bond acceptors (Lipinski definition) is 2. The Kier molecular flexibility index (Phi) is 3.18. The van der Waals surface area contributed by atoms with E-state index in [1.165, 1.54) is 6.07 Å². The Balaban J connectivity index is 2.92. The van der Waals surface area contributed by atoms with Crippen LogP contribution in [0.25, 0.3) is 0 Å². The summed E-state index contributed by atoms with van der Waals surface area (Å²) in [6.07, 6.45) is 3.13. The van der Waals surface area contributed by atoms with Crippen LogP contribution in [0.5, 0.6) is 11.5 Å². The minimum Gasteiger partial charge on any atom is -0.508 e. The van der Waals surface area contributed by atoms with Gasteiger partial charge in [0.1, 0.15) is 11.5 Å². The van der Waals surface area contributed by atoms with E-state index >= 15 is 0 Å². The molecule has 2 nitrogen and oxygen atoms in total. The van der Waals surface area contributed by atoms with E-state index in [0.29, 0.717) is 0 Å². The van der Waals surface area contributed by atoms with Gasteiger partial charge in [-0.15, -0.1) is 0 Å². The van der Waals surface area contributed by atoms with Gasteiger partial charge >= 0.3 is 0 Å². The van der Waals surface area contributed by atoms with Crippen LogP contribution in [0.3, 0.4) is 0 Å². The van der Waals surface area contributed by atoms with Crippen LogP contribution in [0.1, 0.15) is 30.9 Å². The van der Waals surface area contributed by atoms with E-state index in [1.807, 2.05) is 6.92 Å². The highest BCUT2D eigenvalue weighted by Gasteiger charge is 2.04. The first kappa shape index (κ1) is 9.90. The zero-order chi connectivity index (χ0) is 9.84. The molecule has 2 N–H and O–H groups in total. The maximum atomic E-state index is 9.42. The molecule has 13 heavy (non-hydrogen) atoms. The lowest BCUT2D eigenvalue weighted by atomic mass is 10.0. The van der Waals surface area contributed by atoms with Crippen molar-refractivity contribution in [2.24, 2.45) is 0 Å². The predicted molar refractivity (Wildman–Crippen MR) is 53.1 cm³/mol. The van der Waals surface area contributed by atoms with Crippen molar-refractivity contribution in [3.8, 4) is 11.5 Å². The fraction of sp³-hybridized carbons (Fsp3) is 0.455. The molecule has 0 saturated heterocycles. The number of hydrogen-bond donors (Lipinski definition) is 2. The second kappa shape index (κ2) is 4.17. The van der Waals surface area contributed by atoms with E-state index in [4.69, 9.17) is 0 Å². The van der Waals surface area contributed by atoms with E-state index in [0.717, 1.165) is 30.4 Å². The van der Waals surface area contributed by atoms with Crippen LogP contribution < -0.4 is 0 Å². The summed E-state index contributed by atoms with van der Waals surface area (Å²) in [5.41, 5.74) is 1.92. The molecule has 0 amide bonds. The molecule has 0 heterocycles. The van der Waals surface area contributed by atoms with Crippen LogP contribution in [0.2, 0.25) is 0 Å². The summed E-state index contributed by atoms with van der Waals surface area (Å²) in [6, 6.07) is 3.11. The lowest BCUT2D eigenvalue weighted by Crippen LogP contribution is -1.89. The molecule has 0 aliphatic carbocycles. The Labute approximate surface area is 78.8 Å². The van der Waals surface area contributed by atoms with Crippen molar-refractivity contribution in [2.45, 2.75) is 33.1 Å². The molecule has 0 aromatic heterocycles. The Hall–Kier alpha value is -1.18. The minimum absolute atomic E-state index is 0.147.